The first kappa shape index (κ1) is 62.7. The molecule has 0 unspecified atom stereocenters. The summed E-state index contributed by atoms with van der Waals surface area (Å²) in [5.41, 5.74) is 8.30. The molecular formula is C96H81N3. The molecule has 18 rings (SSSR count). The number of nitrogens with zero attached hydrogens (tertiary/aromatic N) is 3. The Hall–Kier alpha value is -11.0. The maximum Gasteiger partial charge on any atom is 0.0243 e. The number of hydrogen-bond donors (Lipinski definition) is 0. The zero-order chi connectivity index (χ0) is 66.6. The number of benzene rings is 18. The fraction of sp³-hybridized carbons (Fsp3) is 0.125. The summed E-state index contributed by atoms with van der Waals surface area (Å²) in [7, 11) is 0. The summed E-state index contributed by atoms with van der Waals surface area (Å²) in [6, 6.07) is 120. The smallest absolute Gasteiger partial charge is 0.0243 e. The van der Waals surface area contributed by atoms with Gasteiger partial charge in [0.1, 0.15) is 0 Å². The van der Waals surface area contributed by atoms with E-state index in [1.807, 2.05) is 0 Å². The Kier molecular flexibility index (Phi) is 17.9. The molecule has 0 bridgehead atoms. The first-order chi connectivity index (χ1) is 48.9. The van der Waals surface area contributed by atoms with Gasteiger partial charge in [0.15, 0.2) is 0 Å². The van der Waals surface area contributed by atoms with Crippen molar-refractivity contribution < 1.29 is 0 Å². The summed E-state index contributed by atoms with van der Waals surface area (Å²) >= 11 is 0. The third-order valence-electron chi connectivity index (χ3n) is 20.7. The highest BCUT2D eigenvalue weighted by Crippen LogP contribution is 2.36. The van der Waals surface area contributed by atoms with Gasteiger partial charge in [-0.1, -0.05) is 312 Å². The molecule has 18 aromatic rings. The van der Waals surface area contributed by atoms with Crippen LogP contribution in [-0.4, -0.2) is 34.3 Å². The minimum absolute atomic E-state index is 0.934. The van der Waals surface area contributed by atoms with E-state index in [1.54, 1.807) is 0 Å². The first-order valence-corrected chi connectivity index (χ1v) is 35.5. The Morgan fingerprint density at radius 3 is 0.626 bits per heavy atom. The van der Waals surface area contributed by atoms with Crippen LogP contribution in [0.4, 0.5) is 0 Å². The zero-order valence-corrected chi connectivity index (χ0v) is 56.9. The second kappa shape index (κ2) is 28.2. The second-order valence-electron chi connectivity index (χ2n) is 26.8. The van der Waals surface area contributed by atoms with E-state index in [2.05, 4.69) is 363 Å². The monoisotopic (exact) mass is 1280 g/mol. The van der Waals surface area contributed by atoms with E-state index in [-0.39, 0.29) is 0 Å². The van der Waals surface area contributed by atoms with Crippen LogP contribution >= 0.6 is 0 Å². The van der Waals surface area contributed by atoms with Crippen LogP contribution in [0.25, 0.3) is 129 Å². The van der Waals surface area contributed by atoms with Crippen LogP contribution in [0.1, 0.15) is 54.2 Å². The van der Waals surface area contributed by atoms with Crippen LogP contribution in [0, 0.1) is 0 Å². The molecule has 0 amide bonds. The van der Waals surface area contributed by atoms with Gasteiger partial charge >= 0.3 is 0 Å². The van der Waals surface area contributed by atoms with Gasteiger partial charge in [-0.15, -0.1) is 0 Å². The molecule has 0 heterocycles. The highest BCUT2D eigenvalue weighted by Gasteiger charge is 2.17. The lowest BCUT2D eigenvalue weighted by molar-refractivity contribution is 0.271. The van der Waals surface area contributed by atoms with Crippen molar-refractivity contribution in [3.8, 4) is 0 Å². The van der Waals surface area contributed by atoms with Gasteiger partial charge in [-0.3, -0.25) is 14.7 Å². The van der Waals surface area contributed by atoms with E-state index in [4.69, 9.17) is 0 Å². The molecule has 0 aromatic heterocycles. The topological polar surface area (TPSA) is 9.72 Å². The van der Waals surface area contributed by atoms with Crippen molar-refractivity contribution in [1.82, 2.24) is 14.7 Å². The van der Waals surface area contributed by atoms with Crippen LogP contribution in [0.5, 0.6) is 0 Å². The molecule has 0 aliphatic carbocycles. The maximum atomic E-state index is 2.56. The van der Waals surface area contributed by atoms with E-state index in [0.717, 1.165) is 58.9 Å². The molecule has 0 N–H and O–H groups in total. The van der Waals surface area contributed by atoms with Crippen molar-refractivity contribution in [2.75, 3.05) is 19.6 Å². The van der Waals surface area contributed by atoms with Gasteiger partial charge in [-0.25, -0.2) is 0 Å². The number of hydrogen-bond acceptors (Lipinski definition) is 3. The van der Waals surface area contributed by atoms with Gasteiger partial charge in [0.05, 0.1) is 0 Å². The molecule has 480 valence electrons. The van der Waals surface area contributed by atoms with Crippen LogP contribution < -0.4 is 0 Å². The summed E-state index contributed by atoms with van der Waals surface area (Å²) < 4.78 is 0. The van der Waals surface area contributed by atoms with Crippen molar-refractivity contribution in [1.29, 1.82) is 0 Å². The number of rotatable bonds is 15. The molecule has 0 radical (unpaired) electrons. The van der Waals surface area contributed by atoms with Crippen LogP contribution in [0.2, 0.25) is 0 Å². The minimum atomic E-state index is 0.934. The van der Waals surface area contributed by atoms with Gasteiger partial charge in [0.25, 0.3) is 0 Å². The highest BCUT2D eigenvalue weighted by molar-refractivity contribution is 6.13. The largest absolute Gasteiger partial charge is 0.295 e. The van der Waals surface area contributed by atoms with E-state index < -0.39 is 0 Å². The lowest BCUT2D eigenvalue weighted by Crippen LogP contribution is -2.22. The summed E-state index contributed by atoms with van der Waals surface area (Å²) in [4.78, 5) is 7.63. The lowest BCUT2D eigenvalue weighted by Gasteiger charge is -2.23. The summed E-state index contributed by atoms with van der Waals surface area (Å²) in [6.45, 7) is 15.5. The van der Waals surface area contributed by atoms with Crippen molar-refractivity contribution in [3.05, 3.63) is 361 Å². The van der Waals surface area contributed by atoms with Crippen molar-refractivity contribution >= 4 is 129 Å². The van der Waals surface area contributed by atoms with E-state index in [1.165, 1.54) is 163 Å². The van der Waals surface area contributed by atoms with Crippen molar-refractivity contribution in [2.45, 2.75) is 60.0 Å². The molecule has 0 spiro atoms. The van der Waals surface area contributed by atoms with Gasteiger partial charge in [0.2, 0.25) is 0 Å². The Bertz CT molecular complexity index is 5730. The molecule has 99 heavy (non-hydrogen) atoms. The molecule has 0 fully saturated rings. The molecule has 0 aliphatic heterocycles. The van der Waals surface area contributed by atoms with E-state index >= 15 is 0 Å². The molecule has 18 aromatic carbocycles. The SMILES string of the molecule is CCN(Cc1cc2ccccc2c2ccccc12)Cc1cc2ccccc2c2ccccc12.CCN(Cc1ccc2ccc3ccccc3c2c1)Cc1cc2ccccc2c2ccccc12.CCN(Cc1ccc2ccc3ccccc3c2c1)Cc1ccc2ccc3ccccc3c2c1. The second-order valence-corrected chi connectivity index (χ2v) is 26.8. The van der Waals surface area contributed by atoms with E-state index in [9.17, 15) is 0 Å². The summed E-state index contributed by atoms with van der Waals surface area (Å²) in [5, 5.41) is 31.9. The summed E-state index contributed by atoms with van der Waals surface area (Å²) in [5.74, 6) is 0. The first-order valence-electron chi connectivity index (χ1n) is 35.5. The Morgan fingerprint density at radius 2 is 0.354 bits per heavy atom. The van der Waals surface area contributed by atoms with Gasteiger partial charge < -0.3 is 0 Å². The third-order valence-corrected chi connectivity index (χ3v) is 20.7. The third kappa shape index (κ3) is 13.0. The van der Waals surface area contributed by atoms with Crippen LogP contribution in [0.3, 0.4) is 0 Å². The normalized spacial score (nSPS) is 11.8. The summed E-state index contributed by atoms with van der Waals surface area (Å²) in [6.07, 6.45) is 0. The Balaban J connectivity index is 0.000000116. The molecule has 0 aliphatic rings. The van der Waals surface area contributed by atoms with Crippen molar-refractivity contribution in [2.24, 2.45) is 0 Å². The Morgan fingerprint density at radius 1 is 0.162 bits per heavy atom. The minimum Gasteiger partial charge on any atom is -0.295 e. The average molecular weight is 1280 g/mol. The van der Waals surface area contributed by atoms with Crippen LogP contribution in [-0.2, 0) is 39.3 Å². The van der Waals surface area contributed by atoms with E-state index in [0.29, 0.717) is 0 Å². The van der Waals surface area contributed by atoms with Gasteiger partial charge in [0, 0.05) is 39.3 Å². The molecule has 0 atom stereocenters. The highest BCUT2D eigenvalue weighted by atomic mass is 15.1. The molecular weight excluding hydrogens is 1200 g/mol. The molecule has 0 saturated carbocycles. The fourth-order valence-corrected chi connectivity index (χ4v) is 15.6. The fourth-order valence-electron chi connectivity index (χ4n) is 15.6. The predicted molar refractivity (Wildman–Crippen MR) is 428 cm³/mol. The van der Waals surface area contributed by atoms with Crippen molar-refractivity contribution in [3.63, 3.8) is 0 Å². The lowest BCUT2D eigenvalue weighted by atomic mass is 9.95. The molecule has 0 saturated heterocycles. The zero-order valence-electron chi connectivity index (χ0n) is 56.9. The Labute approximate surface area is 581 Å². The quantitative estimate of drug-likeness (QED) is 0.0947. The van der Waals surface area contributed by atoms with Gasteiger partial charge in [-0.2, -0.15) is 0 Å². The molecule has 3 nitrogen and oxygen atoms in total. The van der Waals surface area contributed by atoms with Crippen LogP contribution in [0.15, 0.2) is 328 Å². The number of fused-ring (bicyclic) bond motifs is 18. The average Bonchev–Trinajstić information content (AvgIpc) is 0.843. The van der Waals surface area contributed by atoms with Gasteiger partial charge in [-0.05, 0) is 219 Å². The predicted octanol–water partition coefficient (Wildman–Crippen LogP) is 25.0. The maximum absolute atomic E-state index is 2.56. The standard InChI is InChI=1S/3C32H27N/c1-2-33(21-25-19-23-11-3-5-13-27(23)31-17-9-7-15-29(25)31)22-26-20-24-12-4-6-14-28(24)32-18-10-8-16-30(26)32;1-2-33(21-23-15-16-25-18-17-24-9-3-5-11-28(24)32(25)19-23)22-27-20-26-10-4-6-12-29(26)31-14-8-7-13-30(27)31;1-2-33(21-23-11-13-27-17-15-25-7-3-5-9-29(25)31(27)19-23)22-24-12-14-28-18-16-26-8-4-6-10-30(26)32(28)20-24/h3*3-20H,2,21-22H2,1H3. The molecule has 3 heteroatoms.